The zero-order valence-corrected chi connectivity index (χ0v) is 14.2. The van der Waals surface area contributed by atoms with Crippen LogP contribution in [-0.2, 0) is 7.05 Å². The van der Waals surface area contributed by atoms with Crippen molar-refractivity contribution in [3.63, 3.8) is 0 Å². The number of nitriles is 1. The summed E-state index contributed by atoms with van der Waals surface area (Å²) in [5, 5.41) is 14.6. The zero-order valence-electron chi connectivity index (χ0n) is 10.4. The molecule has 0 aliphatic carbocycles. The van der Waals surface area contributed by atoms with E-state index < -0.39 is 0 Å². The molecule has 1 aromatic carbocycles. The van der Waals surface area contributed by atoms with Crippen LogP contribution >= 0.6 is 38.5 Å². The summed E-state index contributed by atoms with van der Waals surface area (Å²) in [6, 6.07) is 8.14. The van der Waals surface area contributed by atoms with Gasteiger partial charge in [0.15, 0.2) is 0 Å². The van der Waals surface area contributed by atoms with Crippen LogP contribution in [-0.4, -0.2) is 14.8 Å². The molecule has 4 nitrogen and oxygen atoms in total. The Morgan fingerprint density at radius 2 is 2.15 bits per heavy atom. The normalized spacial score (nSPS) is 10.7. The van der Waals surface area contributed by atoms with Crippen LogP contribution in [0.5, 0.6) is 0 Å². The highest BCUT2D eigenvalue weighted by Crippen LogP contribution is 2.33. The summed E-state index contributed by atoms with van der Waals surface area (Å²) < 4.78 is 3.63. The van der Waals surface area contributed by atoms with Crippen molar-refractivity contribution < 1.29 is 0 Å². The number of pyridine rings is 1. The summed E-state index contributed by atoms with van der Waals surface area (Å²) in [7, 11) is 1.86. The van der Waals surface area contributed by atoms with Gasteiger partial charge in [0.25, 0.3) is 0 Å². The van der Waals surface area contributed by atoms with E-state index in [1.165, 1.54) is 0 Å². The standard InChI is InChI=1S/C14H8BrIN4/c1-20-14(12(15)7-19-20)9-2-3-13-10(11(9)5-17)4-8(16)6-18-13/h2-4,6-7H,1H3. The van der Waals surface area contributed by atoms with E-state index in [1.54, 1.807) is 17.1 Å². The smallest absolute Gasteiger partial charge is 0.101 e. The summed E-state index contributed by atoms with van der Waals surface area (Å²) in [6.07, 6.45) is 3.53. The third kappa shape index (κ3) is 2.11. The minimum Gasteiger partial charge on any atom is -0.267 e. The maximum atomic E-state index is 9.56. The Labute approximate surface area is 137 Å². The van der Waals surface area contributed by atoms with E-state index in [1.807, 2.05) is 25.2 Å². The molecule has 0 aliphatic heterocycles. The van der Waals surface area contributed by atoms with Crippen molar-refractivity contribution in [3.05, 3.63) is 44.2 Å². The minimum absolute atomic E-state index is 0.623. The van der Waals surface area contributed by atoms with E-state index in [4.69, 9.17) is 0 Å². The third-order valence-electron chi connectivity index (χ3n) is 3.09. The molecule has 3 aromatic rings. The number of benzene rings is 1. The first kappa shape index (κ1) is 13.5. The summed E-state index contributed by atoms with van der Waals surface area (Å²) in [5.41, 5.74) is 3.19. The van der Waals surface area contributed by atoms with Crippen molar-refractivity contribution in [1.29, 1.82) is 5.26 Å². The summed E-state index contributed by atoms with van der Waals surface area (Å²) >= 11 is 5.69. The highest BCUT2D eigenvalue weighted by molar-refractivity contribution is 14.1. The SMILES string of the molecule is Cn1ncc(Br)c1-c1ccc2ncc(I)cc2c1C#N. The molecule has 0 unspecified atom stereocenters. The Hall–Kier alpha value is -1.46. The van der Waals surface area contributed by atoms with Gasteiger partial charge in [-0.2, -0.15) is 10.4 Å². The molecule has 0 amide bonds. The average Bonchev–Trinajstić information content (AvgIpc) is 2.77. The minimum atomic E-state index is 0.623. The van der Waals surface area contributed by atoms with Crippen LogP contribution in [0.2, 0.25) is 0 Å². The Morgan fingerprint density at radius 1 is 1.35 bits per heavy atom. The molecular weight excluding hydrogens is 431 g/mol. The van der Waals surface area contributed by atoms with Crippen LogP contribution < -0.4 is 0 Å². The molecule has 0 aliphatic rings. The number of aromatic nitrogens is 3. The lowest BCUT2D eigenvalue weighted by molar-refractivity contribution is 0.775. The fourth-order valence-corrected chi connectivity index (χ4v) is 3.22. The van der Waals surface area contributed by atoms with Crippen molar-refractivity contribution in [3.8, 4) is 17.3 Å². The average molecular weight is 439 g/mol. The van der Waals surface area contributed by atoms with E-state index in [0.29, 0.717) is 5.56 Å². The molecule has 0 N–H and O–H groups in total. The van der Waals surface area contributed by atoms with E-state index >= 15 is 0 Å². The molecule has 0 bridgehead atoms. The zero-order chi connectivity index (χ0) is 14.3. The molecule has 0 saturated carbocycles. The molecule has 0 atom stereocenters. The van der Waals surface area contributed by atoms with Gasteiger partial charge in [0.05, 0.1) is 27.4 Å². The molecule has 98 valence electrons. The Bertz CT molecular complexity index is 844. The highest BCUT2D eigenvalue weighted by atomic mass is 127. The fourth-order valence-electron chi connectivity index (χ4n) is 2.21. The van der Waals surface area contributed by atoms with Crippen LogP contribution in [0.25, 0.3) is 22.2 Å². The maximum Gasteiger partial charge on any atom is 0.101 e. The van der Waals surface area contributed by atoms with E-state index in [-0.39, 0.29) is 0 Å². The molecule has 6 heteroatoms. The van der Waals surface area contributed by atoms with Gasteiger partial charge in [-0.25, -0.2) is 0 Å². The van der Waals surface area contributed by atoms with Gasteiger partial charge in [0.1, 0.15) is 6.07 Å². The maximum absolute atomic E-state index is 9.56. The topological polar surface area (TPSA) is 54.5 Å². The van der Waals surface area contributed by atoms with Gasteiger partial charge in [-0.05, 0) is 56.7 Å². The van der Waals surface area contributed by atoms with Gasteiger partial charge in [0, 0.05) is 27.8 Å². The van der Waals surface area contributed by atoms with Gasteiger partial charge in [-0.15, -0.1) is 0 Å². The van der Waals surface area contributed by atoms with Gasteiger partial charge >= 0.3 is 0 Å². The van der Waals surface area contributed by atoms with E-state index in [9.17, 15) is 5.26 Å². The Balaban J connectivity index is 2.41. The van der Waals surface area contributed by atoms with Crippen molar-refractivity contribution in [2.24, 2.45) is 7.05 Å². The largest absolute Gasteiger partial charge is 0.267 e. The van der Waals surface area contributed by atoms with Gasteiger partial charge in [-0.1, -0.05) is 0 Å². The number of nitrogens with zero attached hydrogens (tertiary/aromatic N) is 4. The molecule has 3 rings (SSSR count). The molecule has 0 saturated heterocycles. The highest BCUT2D eigenvalue weighted by Gasteiger charge is 2.16. The predicted molar refractivity (Wildman–Crippen MR) is 89.1 cm³/mol. The van der Waals surface area contributed by atoms with Crippen LogP contribution in [0, 0.1) is 14.9 Å². The summed E-state index contributed by atoms with van der Waals surface area (Å²) in [5.74, 6) is 0. The predicted octanol–water partition coefficient (Wildman–Crippen LogP) is 3.87. The van der Waals surface area contributed by atoms with Crippen LogP contribution in [0.4, 0.5) is 0 Å². The van der Waals surface area contributed by atoms with E-state index in [0.717, 1.165) is 30.2 Å². The van der Waals surface area contributed by atoms with E-state index in [2.05, 4.69) is 54.7 Å². The first-order valence-electron chi connectivity index (χ1n) is 5.78. The van der Waals surface area contributed by atoms with Crippen molar-refractivity contribution >= 4 is 49.4 Å². The second-order valence-electron chi connectivity index (χ2n) is 4.28. The first-order valence-corrected chi connectivity index (χ1v) is 7.65. The fraction of sp³-hybridized carbons (Fsp3) is 0.0714. The number of halogens is 2. The van der Waals surface area contributed by atoms with Crippen molar-refractivity contribution in [2.75, 3.05) is 0 Å². The van der Waals surface area contributed by atoms with Gasteiger partial charge in [-0.3, -0.25) is 9.67 Å². The number of fused-ring (bicyclic) bond motifs is 1. The monoisotopic (exact) mass is 438 g/mol. The third-order valence-corrected chi connectivity index (χ3v) is 4.26. The molecule has 0 radical (unpaired) electrons. The van der Waals surface area contributed by atoms with Crippen molar-refractivity contribution in [2.45, 2.75) is 0 Å². The Morgan fingerprint density at radius 3 is 2.80 bits per heavy atom. The lowest BCUT2D eigenvalue weighted by Crippen LogP contribution is -1.97. The number of rotatable bonds is 1. The van der Waals surface area contributed by atoms with Crippen LogP contribution in [0.1, 0.15) is 5.56 Å². The number of hydrogen-bond acceptors (Lipinski definition) is 3. The first-order chi connectivity index (χ1) is 9.61. The second-order valence-corrected chi connectivity index (χ2v) is 6.38. The lowest BCUT2D eigenvalue weighted by atomic mass is 10.0. The lowest BCUT2D eigenvalue weighted by Gasteiger charge is -2.08. The van der Waals surface area contributed by atoms with Crippen molar-refractivity contribution in [1.82, 2.24) is 14.8 Å². The Kier molecular flexibility index (Phi) is 3.48. The molecule has 2 heterocycles. The molecular formula is C14H8BrIN4. The summed E-state index contributed by atoms with van der Waals surface area (Å²) in [4.78, 5) is 4.36. The molecule has 20 heavy (non-hydrogen) atoms. The number of hydrogen-bond donors (Lipinski definition) is 0. The van der Waals surface area contributed by atoms with Crippen LogP contribution in [0.15, 0.2) is 35.1 Å². The van der Waals surface area contributed by atoms with Crippen LogP contribution in [0.3, 0.4) is 0 Å². The molecule has 2 aromatic heterocycles. The molecule has 0 fully saturated rings. The molecule has 0 spiro atoms. The second kappa shape index (κ2) is 5.14. The van der Waals surface area contributed by atoms with Gasteiger partial charge in [0.2, 0.25) is 0 Å². The quantitative estimate of drug-likeness (QED) is 0.542. The van der Waals surface area contributed by atoms with Gasteiger partial charge < -0.3 is 0 Å². The summed E-state index contributed by atoms with van der Waals surface area (Å²) in [6.45, 7) is 0. The number of aryl methyl sites for hydroxylation is 1.